The topological polar surface area (TPSA) is 168 Å². The van der Waals surface area contributed by atoms with Gasteiger partial charge in [0.05, 0.1) is 47.5 Å². The average molecular weight is 877 g/mol. The Labute approximate surface area is 362 Å². The third-order valence-electron chi connectivity index (χ3n) is 10.0. The molecule has 3 N–H and O–H groups in total. The van der Waals surface area contributed by atoms with E-state index in [1.54, 1.807) is 71.4 Å². The summed E-state index contributed by atoms with van der Waals surface area (Å²) in [6.07, 6.45) is 2.32. The molecule has 0 radical (unpaired) electrons. The molecule has 2 atom stereocenters. The highest BCUT2D eigenvalue weighted by Gasteiger charge is 2.31. The Hall–Kier alpha value is -5.61. The van der Waals surface area contributed by atoms with Crippen molar-refractivity contribution in [3.63, 3.8) is 0 Å². The quantitative estimate of drug-likeness (QED) is 0.112. The number of aromatic nitrogens is 3. The van der Waals surface area contributed by atoms with Crippen molar-refractivity contribution in [3.8, 4) is 39.4 Å². The SMILES string of the molecule is COc1nc(-c2cccc(-c3cccc(-c4ccn5c(=O)c(CNC[C@@H](O)CC(=O)N(C)C)cnc5c4)c3Cl)c2Cl)cc(F)c1CN(C[C@@H]1CCC(=O)N1)C(=O)OC(C)(C)C. The van der Waals surface area contributed by atoms with Gasteiger partial charge in [-0.1, -0.05) is 59.6 Å². The summed E-state index contributed by atoms with van der Waals surface area (Å²) in [7, 11) is 4.59. The molecule has 1 aliphatic rings. The average Bonchev–Trinajstić information content (AvgIpc) is 3.62. The maximum absolute atomic E-state index is 16.2. The molecule has 0 aliphatic carbocycles. The van der Waals surface area contributed by atoms with Crippen LogP contribution in [0.4, 0.5) is 9.18 Å². The van der Waals surface area contributed by atoms with Crippen LogP contribution in [0.15, 0.2) is 71.8 Å². The van der Waals surface area contributed by atoms with Gasteiger partial charge in [0.25, 0.3) is 5.56 Å². The van der Waals surface area contributed by atoms with Gasteiger partial charge in [-0.15, -0.1) is 0 Å². The van der Waals surface area contributed by atoms with Crippen LogP contribution in [0.1, 0.15) is 51.2 Å². The Bertz CT molecular complexity index is 2530. The van der Waals surface area contributed by atoms with Crippen LogP contribution in [0.25, 0.3) is 39.2 Å². The van der Waals surface area contributed by atoms with Gasteiger partial charge in [-0.2, -0.15) is 0 Å². The lowest BCUT2D eigenvalue weighted by Gasteiger charge is -2.29. The summed E-state index contributed by atoms with van der Waals surface area (Å²) in [6.45, 7) is 5.33. The number of halogens is 3. The number of aliphatic hydroxyl groups excluding tert-OH is 1. The van der Waals surface area contributed by atoms with Crippen LogP contribution in [-0.4, -0.2) is 99.2 Å². The Kier molecular flexibility index (Phi) is 14.0. The van der Waals surface area contributed by atoms with Crippen LogP contribution in [0.5, 0.6) is 5.88 Å². The van der Waals surface area contributed by atoms with E-state index in [0.29, 0.717) is 56.9 Å². The van der Waals surface area contributed by atoms with Crippen molar-refractivity contribution in [1.29, 1.82) is 0 Å². The number of hydrogen-bond acceptors (Lipinski definition) is 10. The van der Waals surface area contributed by atoms with E-state index >= 15 is 4.39 Å². The predicted octanol–water partition coefficient (Wildman–Crippen LogP) is 6.49. The van der Waals surface area contributed by atoms with E-state index in [2.05, 4.69) is 20.6 Å². The molecule has 5 aromatic rings. The number of ether oxygens (including phenoxy) is 2. The first-order valence-electron chi connectivity index (χ1n) is 19.6. The third kappa shape index (κ3) is 10.7. The van der Waals surface area contributed by atoms with Gasteiger partial charge in [-0.25, -0.2) is 19.2 Å². The van der Waals surface area contributed by atoms with Gasteiger partial charge in [0.1, 0.15) is 17.1 Å². The fraction of sp³-hybridized carbons (Fsp3) is 0.364. The Balaban J connectivity index is 1.25. The lowest BCUT2D eigenvalue weighted by atomic mass is 9.97. The summed E-state index contributed by atoms with van der Waals surface area (Å²) in [6, 6.07) is 15.1. The van der Waals surface area contributed by atoms with Gasteiger partial charge in [0.2, 0.25) is 17.7 Å². The second kappa shape index (κ2) is 19.0. The number of carbonyl (C=O) groups excluding carboxylic acids is 3. The molecule has 4 heterocycles. The number of hydrogen-bond donors (Lipinski definition) is 3. The number of fused-ring (bicyclic) bond motifs is 1. The number of rotatable bonds is 14. The van der Waals surface area contributed by atoms with Crippen LogP contribution in [0.3, 0.4) is 0 Å². The molecule has 6 rings (SSSR count). The molecule has 3 amide bonds. The van der Waals surface area contributed by atoms with E-state index in [1.165, 1.54) is 33.6 Å². The minimum absolute atomic E-state index is 0.0224. The minimum Gasteiger partial charge on any atom is -0.481 e. The van der Waals surface area contributed by atoms with Crippen molar-refractivity contribution in [3.05, 3.63) is 104 Å². The lowest BCUT2D eigenvalue weighted by molar-refractivity contribution is -0.130. The highest BCUT2D eigenvalue weighted by atomic mass is 35.5. The lowest BCUT2D eigenvalue weighted by Crippen LogP contribution is -2.44. The van der Waals surface area contributed by atoms with Crippen molar-refractivity contribution in [2.24, 2.45) is 0 Å². The van der Waals surface area contributed by atoms with Gasteiger partial charge >= 0.3 is 6.09 Å². The van der Waals surface area contributed by atoms with E-state index in [-0.39, 0.29) is 78.2 Å². The molecule has 1 saturated heterocycles. The standard InChI is InChI=1S/C44H48Cl2FN7O7/c1-44(2,3)61-43(59)53(23-27-13-14-37(56)50-27)24-33-34(47)19-35(51-41(33)60-6)32-12-8-11-31(40(32)46)30-10-7-9-29(39(30)45)25-15-16-54-36(17-25)49-21-26(42(54)58)20-48-22-28(55)18-38(57)52(4)5/h7-12,15-17,19,21,27-28,48,55H,13-14,18,20,22-24H2,1-6H3,(H,50,56)/t27-,28-/m0/s1. The number of carbonyl (C=O) groups is 3. The summed E-state index contributed by atoms with van der Waals surface area (Å²) < 4.78 is 28.8. The minimum atomic E-state index is -0.906. The van der Waals surface area contributed by atoms with Crippen molar-refractivity contribution >= 4 is 46.8 Å². The summed E-state index contributed by atoms with van der Waals surface area (Å²) in [5.41, 5.74) is 2.73. The fourth-order valence-electron chi connectivity index (χ4n) is 6.90. The van der Waals surface area contributed by atoms with Crippen molar-refractivity contribution in [2.75, 3.05) is 34.3 Å². The zero-order chi connectivity index (χ0) is 44.2. The zero-order valence-electron chi connectivity index (χ0n) is 34.7. The predicted molar refractivity (Wildman–Crippen MR) is 231 cm³/mol. The molecule has 1 aliphatic heterocycles. The van der Waals surface area contributed by atoms with E-state index in [4.69, 9.17) is 32.7 Å². The van der Waals surface area contributed by atoms with Gasteiger partial charge in [-0.3, -0.25) is 18.8 Å². The highest BCUT2D eigenvalue weighted by molar-refractivity contribution is 6.39. The molecule has 61 heavy (non-hydrogen) atoms. The zero-order valence-corrected chi connectivity index (χ0v) is 36.2. The van der Waals surface area contributed by atoms with Crippen LogP contribution < -0.4 is 20.9 Å². The summed E-state index contributed by atoms with van der Waals surface area (Å²) in [5.74, 6) is -1.06. The molecular weight excluding hydrogens is 828 g/mol. The molecule has 17 heteroatoms. The van der Waals surface area contributed by atoms with Crippen molar-refractivity contribution < 1.29 is 33.4 Å². The molecule has 0 bridgehead atoms. The number of methoxy groups -OCH3 is 1. The molecule has 0 unspecified atom stereocenters. The highest BCUT2D eigenvalue weighted by Crippen LogP contribution is 2.43. The van der Waals surface area contributed by atoms with Crippen molar-refractivity contribution in [2.45, 2.75) is 70.9 Å². The monoisotopic (exact) mass is 875 g/mol. The van der Waals surface area contributed by atoms with Crippen LogP contribution in [0.2, 0.25) is 10.0 Å². The third-order valence-corrected chi connectivity index (χ3v) is 10.8. The molecule has 1 fully saturated rings. The van der Waals surface area contributed by atoms with Crippen LogP contribution in [-0.2, 0) is 27.4 Å². The number of nitrogens with one attached hydrogen (secondary N) is 2. The van der Waals surface area contributed by atoms with E-state index in [1.807, 2.05) is 18.2 Å². The molecule has 322 valence electrons. The molecular formula is C44H48Cl2FN7O7. The maximum atomic E-state index is 16.2. The molecule has 0 saturated carbocycles. The van der Waals surface area contributed by atoms with Gasteiger partial charge in [-0.05, 0) is 44.9 Å². The number of nitrogens with zero attached hydrogens (tertiary/aromatic N) is 5. The van der Waals surface area contributed by atoms with E-state index in [0.717, 1.165) is 0 Å². The molecule has 3 aromatic heterocycles. The molecule has 0 spiro atoms. The molecule has 14 nitrogen and oxygen atoms in total. The van der Waals surface area contributed by atoms with Crippen molar-refractivity contribution in [1.82, 2.24) is 34.8 Å². The number of benzene rings is 2. The summed E-state index contributed by atoms with van der Waals surface area (Å²) in [4.78, 5) is 62.3. The van der Waals surface area contributed by atoms with E-state index < -0.39 is 23.6 Å². The normalized spacial score (nSPS) is 14.5. The first kappa shape index (κ1) is 44.9. The van der Waals surface area contributed by atoms with Crippen LogP contribution in [0, 0.1) is 5.82 Å². The first-order valence-corrected chi connectivity index (χ1v) is 20.4. The van der Waals surface area contributed by atoms with E-state index in [9.17, 15) is 24.3 Å². The summed E-state index contributed by atoms with van der Waals surface area (Å²) >= 11 is 14.2. The smallest absolute Gasteiger partial charge is 0.410 e. The number of amides is 3. The summed E-state index contributed by atoms with van der Waals surface area (Å²) in [5, 5.41) is 16.7. The Morgan fingerprint density at radius 2 is 1.72 bits per heavy atom. The van der Waals surface area contributed by atoms with Gasteiger partial charge in [0.15, 0.2) is 0 Å². The Morgan fingerprint density at radius 1 is 1.05 bits per heavy atom. The maximum Gasteiger partial charge on any atom is 0.410 e. The number of pyridine rings is 2. The Morgan fingerprint density at radius 3 is 2.36 bits per heavy atom. The van der Waals surface area contributed by atoms with Gasteiger partial charge < -0.3 is 35.0 Å². The molecule has 2 aromatic carbocycles. The van der Waals surface area contributed by atoms with Gasteiger partial charge in [0, 0.05) is 92.5 Å². The second-order valence-electron chi connectivity index (χ2n) is 16.0. The van der Waals surface area contributed by atoms with Crippen LogP contribution >= 0.6 is 23.2 Å². The second-order valence-corrected chi connectivity index (χ2v) is 16.7. The largest absolute Gasteiger partial charge is 0.481 e. The first-order chi connectivity index (χ1) is 28.9. The number of aliphatic hydroxyl groups is 1. The fourth-order valence-corrected chi connectivity index (χ4v) is 7.56.